The average molecular weight is 725 g/mol. The number of hydrogen-bond acceptors (Lipinski definition) is 4. The number of benzene rings is 4. The third-order valence-corrected chi connectivity index (χ3v) is 10.0. The number of halogens is 2. The second-order valence-electron chi connectivity index (χ2n) is 12.4. The van der Waals surface area contributed by atoms with Crippen LogP contribution < -0.4 is 9.62 Å². The van der Waals surface area contributed by atoms with Gasteiger partial charge in [0, 0.05) is 28.0 Å². The smallest absolute Gasteiger partial charge is 0.264 e. The molecule has 0 saturated heterocycles. The lowest BCUT2D eigenvalue weighted by molar-refractivity contribution is -0.140. The second-order valence-corrected chi connectivity index (χ2v) is 15.5. The molecule has 0 aromatic heterocycles. The lowest BCUT2D eigenvalue weighted by Crippen LogP contribution is -2.56. The number of amides is 2. The first-order valence-corrected chi connectivity index (χ1v) is 17.5. The molecule has 7 nitrogen and oxygen atoms in total. The van der Waals surface area contributed by atoms with Crippen LogP contribution in [0.15, 0.2) is 106 Å². The van der Waals surface area contributed by atoms with Gasteiger partial charge < -0.3 is 10.2 Å². The van der Waals surface area contributed by atoms with E-state index in [1.807, 2.05) is 89.2 Å². The molecule has 46 heavy (non-hydrogen) atoms. The fraction of sp³-hybridized carbons (Fsp3) is 0.278. The van der Waals surface area contributed by atoms with Crippen LogP contribution in [-0.2, 0) is 32.6 Å². The van der Waals surface area contributed by atoms with Gasteiger partial charge in [-0.1, -0.05) is 93.8 Å². The summed E-state index contributed by atoms with van der Waals surface area (Å²) in [5, 5.41) is 3.41. The molecule has 0 spiro atoms. The van der Waals surface area contributed by atoms with Gasteiger partial charge in [0.2, 0.25) is 11.8 Å². The van der Waals surface area contributed by atoms with Gasteiger partial charge in [-0.3, -0.25) is 13.9 Å². The SMILES string of the molecule is Cc1ccc(S(=O)(=O)N(CC(=O)N(Cc2cccc(Br)c2)C(Cc2ccccc2)C(=O)NC(C)(C)C)c2ccc(C)c(Cl)c2)cc1. The third-order valence-electron chi connectivity index (χ3n) is 7.34. The number of carbonyl (C=O) groups excluding carboxylic acids is 2. The van der Waals surface area contributed by atoms with E-state index in [9.17, 15) is 18.0 Å². The number of nitrogens with zero attached hydrogens (tertiary/aromatic N) is 2. The van der Waals surface area contributed by atoms with E-state index in [-0.39, 0.29) is 29.5 Å². The molecule has 4 aromatic carbocycles. The Labute approximate surface area is 285 Å². The van der Waals surface area contributed by atoms with Crippen LogP contribution in [0.3, 0.4) is 0 Å². The Balaban J connectivity index is 1.84. The molecule has 0 radical (unpaired) electrons. The molecule has 4 aromatic rings. The van der Waals surface area contributed by atoms with E-state index < -0.39 is 34.1 Å². The van der Waals surface area contributed by atoms with Crippen LogP contribution in [0.4, 0.5) is 5.69 Å². The zero-order valence-corrected chi connectivity index (χ0v) is 29.8. The van der Waals surface area contributed by atoms with Crippen molar-refractivity contribution in [1.82, 2.24) is 10.2 Å². The zero-order valence-electron chi connectivity index (χ0n) is 26.6. The van der Waals surface area contributed by atoms with Crippen LogP contribution in [0.5, 0.6) is 0 Å². The molecule has 242 valence electrons. The highest BCUT2D eigenvalue weighted by Crippen LogP contribution is 2.29. The summed E-state index contributed by atoms with van der Waals surface area (Å²) in [7, 11) is -4.22. The number of anilines is 1. The van der Waals surface area contributed by atoms with Gasteiger partial charge in [-0.2, -0.15) is 0 Å². The summed E-state index contributed by atoms with van der Waals surface area (Å²) in [5.74, 6) is -0.886. The monoisotopic (exact) mass is 723 g/mol. The van der Waals surface area contributed by atoms with Gasteiger partial charge in [-0.05, 0) is 87.7 Å². The fourth-order valence-corrected chi connectivity index (χ4v) is 6.97. The van der Waals surface area contributed by atoms with E-state index in [1.165, 1.54) is 17.0 Å². The third kappa shape index (κ3) is 9.21. The number of hydrogen-bond donors (Lipinski definition) is 1. The molecule has 2 amide bonds. The molecular formula is C36H39BrClN3O4S. The summed E-state index contributed by atoms with van der Waals surface area (Å²) >= 11 is 9.97. The van der Waals surface area contributed by atoms with E-state index in [1.54, 1.807) is 30.3 Å². The highest BCUT2D eigenvalue weighted by Gasteiger charge is 2.35. The van der Waals surface area contributed by atoms with Gasteiger partial charge in [0.05, 0.1) is 10.6 Å². The molecule has 0 heterocycles. The van der Waals surface area contributed by atoms with E-state index in [0.29, 0.717) is 5.02 Å². The van der Waals surface area contributed by atoms with E-state index in [2.05, 4.69) is 21.2 Å². The molecule has 0 saturated carbocycles. The molecule has 0 bridgehead atoms. The van der Waals surface area contributed by atoms with Crippen molar-refractivity contribution in [2.75, 3.05) is 10.8 Å². The van der Waals surface area contributed by atoms with Crippen LogP contribution in [0.2, 0.25) is 5.02 Å². The first-order chi connectivity index (χ1) is 21.6. The quantitative estimate of drug-likeness (QED) is 0.174. The standard InChI is InChI=1S/C36H39BrClN3O4S/c1-25-14-18-31(19-15-25)46(44,45)41(30-17-16-26(2)32(38)22-30)24-34(42)40(23-28-12-9-13-29(37)20-28)33(35(43)39-36(3,4)5)21-27-10-7-6-8-11-27/h6-20,22,33H,21,23-24H2,1-5H3,(H,39,43). The predicted octanol–water partition coefficient (Wildman–Crippen LogP) is 7.47. The molecule has 1 N–H and O–H groups in total. The van der Waals surface area contributed by atoms with Crippen molar-refractivity contribution in [2.24, 2.45) is 0 Å². The van der Waals surface area contributed by atoms with Gasteiger partial charge in [-0.25, -0.2) is 8.42 Å². The van der Waals surface area contributed by atoms with Crippen LogP contribution in [0, 0.1) is 13.8 Å². The summed E-state index contributed by atoms with van der Waals surface area (Å²) in [6, 6.07) is 27.3. The topological polar surface area (TPSA) is 86.8 Å². The number of rotatable bonds is 11. The van der Waals surface area contributed by atoms with Crippen molar-refractivity contribution in [3.63, 3.8) is 0 Å². The Hall–Kier alpha value is -3.66. The highest BCUT2D eigenvalue weighted by molar-refractivity contribution is 9.10. The lowest BCUT2D eigenvalue weighted by atomic mass is 10.0. The summed E-state index contributed by atoms with van der Waals surface area (Å²) < 4.78 is 30.3. The first kappa shape index (κ1) is 35.2. The molecule has 0 aliphatic rings. The summed E-state index contributed by atoms with van der Waals surface area (Å²) in [6.45, 7) is 8.83. The van der Waals surface area contributed by atoms with E-state index in [4.69, 9.17) is 11.6 Å². The van der Waals surface area contributed by atoms with E-state index >= 15 is 0 Å². The summed E-state index contributed by atoms with van der Waals surface area (Å²) in [6.07, 6.45) is 0.226. The summed E-state index contributed by atoms with van der Waals surface area (Å²) in [4.78, 5) is 30.1. The van der Waals surface area contributed by atoms with Crippen LogP contribution in [0.1, 0.15) is 43.0 Å². The van der Waals surface area contributed by atoms with Crippen molar-refractivity contribution in [1.29, 1.82) is 0 Å². The molecule has 1 unspecified atom stereocenters. The summed E-state index contributed by atoms with van der Waals surface area (Å²) in [5.41, 5.74) is 2.96. The minimum Gasteiger partial charge on any atom is -0.350 e. The van der Waals surface area contributed by atoms with Crippen molar-refractivity contribution >= 4 is 55.1 Å². The Morgan fingerprint density at radius 2 is 1.52 bits per heavy atom. The number of nitrogens with one attached hydrogen (secondary N) is 1. The van der Waals surface area contributed by atoms with Gasteiger partial charge in [0.25, 0.3) is 10.0 Å². The number of aryl methyl sites for hydroxylation is 2. The minimum absolute atomic E-state index is 0.0347. The number of sulfonamides is 1. The molecule has 0 aliphatic carbocycles. The number of carbonyl (C=O) groups is 2. The highest BCUT2D eigenvalue weighted by atomic mass is 79.9. The Bertz CT molecular complexity index is 1790. The molecule has 0 fully saturated rings. The predicted molar refractivity (Wildman–Crippen MR) is 188 cm³/mol. The molecule has 1 atom stereocenters. The van der Waals surface area contributed by atoms with Crippen molar-refractivity contribution < 1.29 is 18.0 Å². The van der Waals surface area contributed by atoms with Crippen LogP contribution in [-0.4, -0.2) is 43.3 Å². The Kier molecular flexibility index (Phi) is 11.4. The van der Waals surface area contributed by atoms with Gasteiger partial charge in [-0.15, -0.1) is 0 Å². The second kappa shape index (κ2) is 14.8. The Morgan fingerprint density at radius 3 is 2.13 bits per heavy atom. The van der Waals surface area contributed by atoms with Gasteiger partial charge >= 0.3 is 0 Å². The van der Waals surface area contributed by atoms with Gasteiger partial charge in [0.15, 0.2) is 0 Å². The largest absolute Gasteiger partial charge is 0.350 e. The maximum atomic E-state index is 14.6. The van der Waals surface area contributed by atoms with Crippen molar-refractivity contribution in [3.05, 3.63) is 129 Å². The van der Waals surface area contributed by atoms with E-state index in [0.717, 1.165) is 31.0 Å². The minimum atomic E-state index is -4.22. The normalized spacial score (nSPS) is 12.3. The fourth-order valence-electron chi connectivity index (χ4n) is 4.94. The molecular weight excluding hydrogens is 686 g/mol. The molecule has 4 rings (SSSR count). The van der Waals surface area contributed by atoms with Crippen LogP contribution in [0.25, 0.3) is 0 Å². The Morgan fingerprint density at radius 1 is 0.870 bits per heavy atom. The zero-order chi connectivity index (χ0) is 33.6. The maximum absolute atomic E-state index is 14.6. The molecule has 10 heteroatoms. The average Bonchev–Trinajstić information content (AvgIpc) is 2.99. The van der Waals surface area contributed by atoms with Crippen LogP contribution >= 0.6 is 27.5 Å². The lowest BCUT2D eigenvalue weighted by Gasteiger charge is -2.35. The first-order valence-electron chi connectivity index (χ1n) is 14.9. The van der Waals surface area contributed by atoms with Gasteiger partial charge in [0.1, 0.15) is 12.6 Å². The maximum Gasteiger partial charge on any atom is 0.264 e. The van der Waals surface area contributed by atoms with Crippen molar-refractivity contribution in [3.8, 4) is 0 Å². The van der Waals surface area contributed by atoms with Crippen molar-refractivity contribution in [2.45, 2.75) is 64.1 Å². The molecule has 0 aliphatic heterocycles.